The van der Waals surface area contributed by atoms with E-state index in [-0.39, 0.29) is 4.90 Å². The maximum atomic E-state index is 12.9. The summed E-state index contributed by atoms with van der Waals surface area (Å²) in [5, 5.41) is 2.67. The first-order chi connectivity index (χ1) is 15.9. The van der Waals surface area contributed by atoms with Gasteiger partial charge in [-0.2, -0.15) is 0 Å². The van der Waals surface area contributed by atoms with Crippen LogP contribution in [0.2, 0.25) is 0 Å². The van der Waals surface area contributed by atoms with Gasteiger partial charge in [0.25, 0.3) is 5.91 Å². The number of nitrogens with one attached hydrogen (secondary N) is 1. The standard InChI is InChI=1S/C25H29N3O5S/c1-16-12-13-21(34(31,32)27(5)6)15-23(16)26-24(29)19(4)33-25(30)22-14-17(2)28(18(22)3)20-10-8-7-9-11-20/h7-15,19H,1-6H3,(H,26,29). The number of para-hydroxylation sites is 1. The highest BCUT2D eigenvalue weighted by molar-refractivity contribution is 7.89. The van der Waals surface area contributed by atoms with Gasteiger partial charge >= 0.3 is 5.97 Å². The molecule has 1 aromatic heterocycles. The molecular formula is C25H29N3O5S. The number of rotatable bonds is 7. The fourth-order valence-corrected chi connectivity index (χ4v) is 4.49. The first-order valence-electron chi connectivity index (χ1n) is 10.7. The molecular weight excluding hydrogens is 454 g/mol. The summed E-state index contributed by atoms with van der Waals surface area (Å²) in [5.74, 6) is -1.17. The molecule has 1 atom stereocenters. The fourth-order valence-electron chi connectivity index (χ4n) is 3.56. The zero-order valence-electron chi connectivity index (χ0n) is 20.1. The molecule has 2 aromatic carbocycles. The van der Waals surface area contributed by atoms with Gasteiger partial charge in [0.05, 0.1) is 10.5 Å². The van der Waals surface area contributed by atoms with Crippen molar-refractivity contribution < 1.29 is 22.7 Å². The quantitative estimate of drug-likeness (QED) is 0.515. The van der Waals surface area contributed by atoms with Gasteiger partial charge in [0, 0.05) is 36.9 Å². The van der Waals surface area contributed by atoms with Gasteiger partial charge in [0.1, 0.15) is 0 Å². The Bertz CT molecular complexity index is 1330. The zero-order chi connectivity index (χ0) is 25.2. The van der Waals surface area contributed by atoms with Crippen LogP contribution >= 0.6 is 0 Å². The molecule has 8 nitrogen and oxygen atoms in total. The molecule has 180 valence electrons. The van der Waals surface area contributed by atoms with E-state index < -0.39 is 28.0 Å². The predicted octanol–water partition coefficient (Wildman–Crippen LogP) is 3.84. The van der Waals surface area contributed by atoms with Crippen LogP contribution in [0.25, 0.3) is 5.69 Å². The summed E-state index contributed by atoms with van der Waals surface area (Å²) in [7, 11) is -0.794. The molecule has 0 aliphatic rings. The van der Waals surface area contributed by atoms with Crippen LogP contribution in [-0.2, 0) is 19.6 Å². The van der Waals surface area contributed by atoms with Crippen LogP contribution in [0.5, 0.6) is 0 Å². The molecule has 9 heteroatoms. The lowest BCUT2D eigenvalue weighted by Gasteiger charge is -2.17. The average molecular weight is 484 g/mol. The molecule has 0 radical (unpaired) electrons. The summed E-state index contributed by atoms with van der Waals surface area (Å²) >= 11 is 0. The van der Waals surface area contributed by atoms with E-state index in [1.54, 1.807) is 19.1 Å². The second kappa shape index (κ2) is 9.82. The first kappa shape index (κ1) is 25.2. The van der Waals surface area contributed by atoms with Gasteiger partial charge in [-0.25, -0.2) is 17.5 Å². The Balaban J connectivity index is 1.77. The molecule has 1 unspecified atom stereocenters. The largest absolute Gasteiger partial charge is 0.449 e. The van der Waals surface area contributed by atoms with Crippen molar-refractivity contribution in [2.24, 2.45) is 0 Å². The van der Waals surface area contributed by atoms with Gasteiger partial charge in [-0.3, -0.25) is 4.79 Å². The summed E-state index contributed by atoms with van der Waals surface area (Å²) in [5.41, 5.74) is 3.87. The smallest absolute Gasteiger partial charge is 0.340 e. The average Bonchev–Trinajstić information content (AvgIpc) is 3.09. The van der Waals surface area contributed by atoms with Crippen LogP contribution in [0.1, 0.15) is 34.2 Å². The monoisotopic (exact) mass is 483 g/mol. The molecule has 0 saturated heterocycles. The lowest BCUT2D eigenvalue weighted by Crippen LogP contribution is -2.30. The molecule has 3 aromatic rings. The van der Waals surface area contributed by atoms with Gasteiger partial charge < -0.3 is 14.6 Å². The zero-order valence-corrected chi connectivity index (χ0v) is 20.9. The lowest BCUT2D eigenvalue weighted by molar-refractivity contribution is -0.123. The topological polar surface area (TPSA) is 97.7 Å². The van der Waals surface area contributed by atoms with E-state index in [1.807, 2.05) is 48.7 Å². The van der Waals surface area contributed by atoms with Gasteiger partial charge in [0.2, 0.25) is 10.0 Å². The number of amides is 1. The third-order valence-electron chi connectivity index (χ3n) is 5.56. The molecule has 0 spiro atoms. The number of aryl methyl sites for hydroxylation is 2. The van der Waals surface area contributed by atoms with Crippen molar-refractivity contribution in [1.29, 1.82) is 0 Å². The normalized spacial score (nSPS) is 12.4. The molecule has 0 aliphatic heterocycles. The van der Waals surface area contributed by atoms with E-state index in [9.17, 15) is 18.0 Å². The number of aromatic nitrogens is 1. The molecule has 3 rings (SSSR count). The number of hydrogen-bond acceptors (Lipinski definition) is 5. The maximum absolute atomic E-state index is 12.9. The van der Waals surface area contributed by atoms with Crippen molar-refractivity contribution in [3.8, 4) is 5.69 Å². The number of carbonyl (C=O) groups is 2. The van der Waals surface area contributed by atoms with Crippen molar-refractivity contribution in [3.05, 3.63) is 77.1 Å². The Hall–Kier alpha value is -3.43. The van der Waals surface area contributed by atoms with Crippen molar-refractivity contribution in [2.75, 3.05) is 19.4 Å². The summed E-state index contributed by atoms with van der Waals surface area (Å²) in [4.78, 5) is 25.7. The molecule has 1 N–H and O–H groups in total. The SMILES string of the molecule is Cc1ccc(S(=O)(=O)N(C)C)cc1NC(=O)C(C)OC(=O)c1cc(C)n(-c2ccccc2)c1C. The van der Waals surface area contributed by atoms with Gasteiger partial charge in [0.15, 0.2) is 6.10 Å². The number of esters is 1. The highest BCUT2D eigenvalue weighted by atomic mass is 32.2. The lowest BCUT2D eigenvalue weighted by atomic mass is 10.2. The molecule has 1 heterocycles. The van der Waals surface area contributed by atoms with Crippen LogP contribution in [0.3, 0.4) is 0 Å². The highest BCUT2D eigenvalue weighted by Crippen LogP contribution is 2.24. The Morgan fingerprint density at radius 3 is 2.26 bits per heavy atom. The van der Waals surface area contributed by atoms with Crippen molar-refractivity contribution in [2.45, 2.75) is 38.7 Å². The molecule has 0 aliphatic carbocycles. The Kier molecular flexibility index (Phi) is 7.28. The van der Waals surface area contributed by atoms with E-state index in [0.717, 1.165) is 15.7 Å². The molecule has 1 amide bonds. The molecule has 0 fully saturated rings. The second-order valence-corrected chi connectivity index (χ2v) is 10.4. The number of anilines is 1. The van der Waals surface area contributed by atoms with Crippen LogP contribution in [0.15, 0.2) is 59.5 Å². The Morgan fingerprint density at radius 1 is 1.00 bits per heavy atom. The summed E-state index contributed by atoms with van der Waals surface area (Å²) in [6.07, 6.45) is -1.10. The maximum Gasteiger partial charge on any atom is 0.340 e. The molecule has 0 bridgehead atoms. The summed E-state index contributed by atoms with van der Waals surface area (Å²) in [6, 6.07) is 15.8. The van der Waals surface area contributed by atoms with Crippen molar-refractivity contribution in [1.82, 2.24) is 8.87 Å². The number of hydrogen-bond donors (Lipinski definition) is 1. The van der Waals surface area contributed by atoms with Crippen LogP contribution in [0, 0.1) is 20.8 Å². The van der Waals surface area contributed by atoms with Gasteiger partial charge in [-0.05, 0) is 63.6 Å². The van der Waals surface area contributed by atoms with Crippen LogP contribution < -0.4 is 5.32 Å². The second-order valence-electron chi connectivity index (χ2n) is 8.26. The summed E-state index contributed by atoms with van der Waals surface area (Å²) < 4.78 is 33.3. The minimum Gasteiger partial charge on any atom is -0.449 e. The minimum atomic E-state index is -3.66. The van der Waals surface area contributed by atoms with E-state index in [2.05, 4.69) is 5.32 Å². The van der Waals surface area contributed by atoms with E-state index in [1.165, 1.54) is 33.2 Å². The number of carbonyl (C=O) groups excluding carboxylic acids is 2. The fraction of sp³-hybridized carbons (Fsp3) is 0.280. The van der Waals surface area contributed by atoms with Crippen molar-refractivity contribution in [3.63, 3.8) is 0 Å². The number of nitrogens with zero attached hydrogens (tertiary/aromatic N) is 2. The molecule has 34 heavy (non-hydrogen) atoms. The third kappa shape index (κ3) is 5.05. The predicted molar refractivity (Wildman–Crippen MR) is 131 cm³/mol. The van der Waals surface area contributed by atoms with Crippen LogP contribution in [0.4, 0.5) is 5.69 Å². The van der Waals surface area contributed by atoms with E-state index >= 15 is 0 Å². The minimum absolute atomic E-state index is 0.0522. The summed E-state index contributed by atoms with van der Waals surface area (Å²) in [6.45, 7) is 6.93. The Labute approximate surface area is 200 Å². The van der Waals surface area contributed by atoms with Gasteiger partial charge in [-0.1, -0.05) is 24.3 Å². The number of sulfonamides is 1. The Morgan fingerprint density at radius 2 is 1.65 bits per heavy atom. The van der Waals surface area contributed by atoms with Crippen molar-refractivity contribution >= 4 is 27.6 Å². The number of benzene rings is 2. The van der Waals surface area contributed by atoms with Gasteiger partial charge in [-0.15, -0.1) is 0 Å². The third-order valence-corrected chi connectivity index (χ3v) is 7.38. The molecule has 0 saturated carbocycles. The number of ether oxygens (including phenoxy) is 1. The van der Waals surface area contributed by atoms with E-state index in [0.29, 0.717) is 22.5 Å². The first-order valence-corrected chi connectivity index (χ1v) is 12.2. The highest BCUT2D eigenvalue weighted by Gasteiger charge is 2.24. The van der Waals surface area contributed by atoms with Crippen LogP contribution in [-0.4, -0.2) is 49.4 Å². The van der Waals surface area contributed by atoms with E-state index in [4.69, 9.17) is 4.74 Å².